The minimum Gasteiger partial charge on any atom is -0.370 e. The molecule has 0 spiro atoms. The van der Waals surface area contributed by atoms with Crippen molar-refractivity contribution < 1.29 is 0 Å². The lowest BCUT2D eigenvalue weighted by Crippen LogP contribution is -2.15. The fourth-order valence-corrected chi connectivity index (χ4v) is 3.93. The molecule has 0 aliphatic carbocycles. The van der Waals surface area contributed by atoms with Crippen molar-refractivity contribution >= 4 is 49.7 Å². The normalized spacial score (nSPS) is 11.4. The third kappa shape index (κ3) is 4.38. The Kier molecular flexibility index (Phi) is 5.37. The van der Waals surface area contributed by atoms with Crippen molar-refractivity contribution in [2.75, 3.05) is 11.9 Å². The molecule has 0 amide bonds. The van der Waals surface area contributed by atoms with E-state index in [-0.39, 0.29) is 0 Å². The first kappa shape index (κ1) is 18.6. The molecule has 4 aromatic rings. The molecule has 3 aromatic carbocycles. The molecule has 0 radical (unpaired) electrons. The summed E-state index contributed by atoms with van der Waals surface area (Å²) in [4.78, 5) is 6.67. The van der Waals surface area contributed by atoms with Gasteiger partial charge in [0.2, 0.25) is 5.13 Å². The number of aromatic nitrogens is 1. The van der Waals surface area contributed by atoms with Crippen LogP contribution >= 0.6 is 22.9 Å². The van der Waals surface area contributed by atoms with Crippen LogP contribution in [0.4, 0.5) is 16.5 Å². The number of halogens is 1. The number of azo groups is 1. The summed E-state index contributed by atoms with van der Waals surface area (Å²) in [5, 5.41) is 9.90. The van der Waals surface area contributed by atoms with E-state index in [9.17, 15) is 0 Å². The quantitative estimate of drug-likeness (QED) is 0.326. The average molecular weight is 407 g/mol. The molecular formula is C22H19ClN4S. The first-order valence-corrected chi connectivity index (χ1v) is 10.1. The van der Waals surface area contributed by atoms with Gasteiger partial charge in [0.1, 0.15) is 0 Å². The maximum atomic E-state index is 6.02. The standard InChI is InChI=1S/C22H19ClN4S/c1-15-3-5-16(6-4-15)14-27(2)19-10-8-18(9-11-19)25-26-22-24-20-12-7-17(23)13-21(20)28-22/h3-13H,14H2,1-2H3. The van der Waals surface area contributed by atoms with E-state index in [0.29, 0.717) is 10.2 Å². The van der Waals surface area contributed by atoms with Gasteiger partial charge in [-0.05, 0) is 55.0 Å². The Balaban J connectivity index is 1.44. The van der Waals surface area contributed by atoms with Gasteiger partial charge >= 0.3 is 0 Å². The lowest BCUT2D eigenvalue weighted by Gasteiger charge is -2.19. The van der Waals surface area contributed by atoms with Crippen molar-refractivity contribution in [3.8, 4) is 0 Å². The Labute approximate surface area is 173 Å². The van der Waals surface area contributed by atoms with Crippen LogP contribution in [0, 0.1) is 6.92 Å². The Hall–Kier alpha value is -2.76. The molecular weight excluding hydrogens is 388 g/mol. The fourth-order valence-electron chi connectivity index (χ4n) is 2.86. The van der Waals surface area contributed by atoms with Crippen molar-refractivity contribution in [3.63, 3.8) is 0 Å². The van der Waals surface area contributed by atoms with Gasteiger partial charge in [-0.1, -0.05) is 52.8 Å². The second-order valence-electron chi connectivity index (χ2n) is 6.67. The minimum atomic E-state index is 0.623. The molecule has 1 heterocycles. The largest absolute Gasteiger partial charge is 0.370 e. The molecule has 0 unspecified atom stereocenters. The van der Waals surface area contributed by atoms with Crippen LogP contribution in [-0.2, 0) is 6.54 Å². The SMILES string of the molecule is Cc1ccc(CN(C)c2ccc(N=Nc3nc4ccc(Cl)cc4s3)cc2)cc1. The highest BCUT2D eigenvalue weighted by molar-refractivity contribution is 7.21. The van der Waals surface area contributed by atoms with Crippen molar-refractivity contribution in [3.05, 3.63) is 82.9 Å². The van der Waals surface area contributed by atoms with Crippen LogP contribution in [0.25, 0.3) is 10.2 Å². The van der Waals surface area contributed by atoms with Gasteiger partial charge < -0.3 is 4.90 Å². The van der Waals surface area contributed by atoms with Crippen LogP contribution < -0.4 is 4.90 Å². The van der Waals surface area contributed by atoms with Gasteiger partial charge in [-0.25, -0.2) is 4.98 Å². The summed E-state index contributed by atoms with van der Waals surface area (Å²) in [7, 11) is 2.09. The van der Waals surface area contributed by atoms with E-state index in [1.165, 1.54) is 22.5 Å². The predicted molar refractivity (Wildman–Crippen MR) is 119 cm³/mol. The molecule has 0 fully saturated rings. The Morgan fingerprint density at radius 1 is 0.964 bits per heavy atom. The molecule has 0 N–H and O–H groups in total. The Bertz CT molecular complexity index is 1120. The zero-order valence-corrected chi connectivity index (χ0v) is 17.2. The van der Waals surface area contributed by atoms with Crippen LogP contribution in [0.2, 0.25) is 5.02 Å². The topological polar surface area (TPSA) is 40.9 Å². The molecule has 0 saturated heterocycles. The molecule has 4 nitrogen and oxygen atoms in total. The van der Waals surface area contributed by atoms with Crippen molar-refractivity contribution in [1.82, 2.24) is 4.98 Å². The first-order valence-electron chi connectivity index (χ1n) is 8.91. The average Bonchev–Trinajstić information content (AvgIpc) is 3.10. The highest BCUT2D eigenvalue weighted by atomic mass is 35.5. The Morgan fingerprint density at radius 3 is 2.46 bits per heavy atom. The van der Waals surface area contributed by atoms with Gasteiger partial charge in [-0.2, -0.15) is 0 Å². The third-order valence-electron chi connectivity index (χ3n) is 4.42. The summed E-state index contributed by atoms with van der Waals surface area (Å²) in [5.74, 6) is 0. The number of benzene rings is 3. The van der Waals surface area contributed by atoms with Gasteiger partial charge in [0.25, 0.3) is 0 Å². The lowest BCUT2D eigenvalue weighted by atomic mass is 10.1. The van der Waals surface area contributed by atoms with E-state index in [4.69, 9.17) is 11.6 Å². The van der Waals surface area contributed by atoms with Crippen LogP contribution in [-0.4, -0.2) is 12.0 Å². The number of thiazole rings is 1. The van der Waals surface area contributed by atoms with Gasteiger partial charge in [-0.3, -0.25) is 0 Å². The first-order chi connectivity index (χ1) is 13.6. The number of fused-ring (bicyclic) bond motifs is 1. The maximum Gasteiger partial charge on any atom is 0.231 e. The molecule has 0 bridgehead atoms. The van der Waals surface area contributed by atoms with E-state index >= 15 is 0 Å². The van der Waals surface area contributed by atoms with E-state index in [2.05, 4.69) is 70.5 Å². The second kappa shape index (κ2) is 8.09. The molecule has 28 heavy (non-hydrogen) atoms. The summed E-state index contributed by atoms with van der Waals surface area (Å²) in [6.45, 7) is 2.96. The van der Waals surface area contributed by atoms with E-state index in [1.54, 1.807) is 0 Å². The number of rotatable bonds is 5. The minimum absolute atomic E-state index is 0.623. The molecule has 0 aliphatic heterocycles. The second-order valence-corrected chi connectivity index (χ2v) is 8.11. The maximum absolute atomic E-state index is 6.02. The molecule has 1 aromatic heterocycles. The van der Waals surface area contributed by atoms with Gasteiger partial charge in [0, 0.05) is 24.3 Å². The molecule has 0 aliphatic rings. The van der Waals surface area contributed by atoms with Crippen molar-refractivity contribution in [2.45, 2.75) is 13.5 Å². The van der Waals surface area contributed by atoms with Gasteiger partial charge in [0.05, 0.1) is 15.9 Å². The van der Waals surface area contributed by atoms with Crippen molar-refractivity contribution in [2.24, 2.45) is 10.2 Å². The van der Waals surface area contributed by atoms with E-state index in [1.807, 2.05) is 30.3 Å². The monoisotopic (exact) mass is 406 g/mol. The molecule has 6 heteroatoms. The van der Waals surface area contributed by atoms with E-state index in [0.717, 1.165) is 28.1 Å². The number of hydrogen-bond donors (Lipinski definition) is 0. The molecule has 0 atom stereocenters. The van der Waals surface area contributed by atoms with Crippen LogP contribution in [0.3, 0.4) is 0 Å². The summed E-state index contributed by atoms with van der Waals surface area (Å²) >= 11 is 7.50. The summed E-state index contributed by atoms with van der Waals surface area (Å²) in [5.41, 5.74) is 5.38. The summed E-state index contributed by atoms with van der Waals surface area (Å²) in [6, 6.07) is 22.3. The van der Waals surface area contributed by atoms with Crippen LogP contribution in [0.5, 0.6) is 0 Å². The summed E-state index contributed by atoms with van der Waals surface area (Å²) < 4.78 is 1.01. The van der Waals surface area contributed by atoms with Crippen LogP contribution in [0.1, 0.15) is 11.1 Å². The summed E-state index contributed by atoms with van der Waals surface area (Å²) in [6.07, 6.45) is 0. The van der Waals surface area contributed by atoms with Crippen LogP contribution in [0.15, 0.2) is 77.0 Å². The number of anilines is 1. The highest BCUT2D eigenvalue weighted by Gasteiger charge is 2.05. The Morgan fingerprint density at radius 2 is 1.71 bits per heavy atom. The third-order valence-corrected chi connectivity index (χ3v) is 5.56. The van der Waals surface area contributed by atoms with Gasteiger partial charge in [-0.15, -0.1) is 10.2 Å². The zero-order chi connectivity index (χ0) is 19.5. The van der Waals surface area contributed by atoms with Crippen molar-refractivity contribution in [1.29, 1.82) is 0 Å². The lowest BCUT2D eigenvalue weighted by molar-refractivity contribution is 0.922. The molecule has 4 rings (SSSR count). The number of aryl methyl sites for hydroxylation is 1. The highest BCUT2D eigenvalue weighted by Crippen LogP contribution is 2.31. The predicted octanol–water partition coefficient (Wildman–Crippen LogP) is 7.31. The van der Waals surface area contributed by atoms with E-state index < -0.39 is 0 Å². The number of hydrogen-bond acceptors (Lipinski definition) is 5. The molecule has 0 saturated carbocycles. The number of nitrogens with zero attached hydrogens (tertiary/aromatic N) is 4. The fraction of sp³-hybridized carbons (Fsp3) is 0.136. The smallest absolute Gasteiger partial charge is 0.231 e. The van der Waals surface area contributed by atoms with Gasteiger partial charge in [0.15, 0.2) is 0 Å². The molecule has 140 valence electrons. The zero-order valence-electron chi connectivity index (χ0n) is 15.6.